The van der Waals surface area contributed by atoms with Gasteiger partial charge in [0.15, 0.2) is 11.6 Å². The van der Waals surface area contributed by atoms with Crippen molar-refractivity contribution in [3.63, 3.8) is 0 Å². The van der Waals surface area contributed by atoms with Gasteiger partial charge >= 0.3 is 0 Å². The van der Waals surface area contributed by atoms with Crippen LogP contribution < -0.4 is 10.6 Å². The van der Waals surface area contributed by atoms with Crippen molar-refractivity contribution in [3.8, 4) is 23.1 Å². The fourth-order valence-electron chi connectivity index (χ4n) is 5.98. The number of nitriles is 1. The minimum Gasteiger partial charge on any atom is -0.394 e. The zero-order valence-electron chi connectivity index (χ0n) is 23.3. The lowest BCUT2D eigenvalue weighted by molar-refractivity contribution is 0.0988. The molecule has 3 heterocycles. The molecular formula is C33H28F2N6O2. The molecule has 5 aromatic rings. The van der Waals surface area contributed by atoms with Crippen LogP contribution in [-0.2, 0) is 6.42 Å². The van der Waals surface area contributed by atoms with Gasteiger partial charge in [0.05, 0.1) is 35.1 Å². The lowest BCUT2D eigenvalue weighted by atomic mass is 10.00. The smallest absolute Gasteiger partial charge is 0.185 e. The van der Waals surface area contributed by atoms with Crippen molar-refractivity contribution in [2.24, 2.45) is 5.73 Å². The Hall–Kier alpha value is -4.98. The molecule has 0 unspecified atom stereocenters. The van der Waals surface area contributed by atoms with Crippen molar-refractivity contribution >= 4 is 22.4 Å². The van der Waals surface area contributed by atoms with Gasteiger partial charge < -0.3 is 20.3 Å². The van der Waals surface area contributed by atoms with E-state index in [2.05, 4.69) is 9.97 Å². The molecular weight excluding hydrogens is 550 g/mol. The molecule has 1 saturated heterocycles. The molecule has 2 atom stereocenters. The largest absolute Gasteiger partial charge is 0.394 e. The van der Waals surface area contributed by atoms with Gasteiger partial charge in [-0.2, -0.15) is 5.26 Å². The first-order chi connectivity index (χ1) is 20.8. The highest BCUT2D eigenvalue weighted by Crippen LogP contribution is 2.38. The van der Waals surface area contributed by atoms with Crippen molar-refractivity contribution in [2.45, 2.75) is 31.8 Å². The van der Waals surface area contributed by atoms with Gasteiger partial charge in [0.2, 0.25) is 0 Å². The minimum absolute atomic E-state index is 0.0313. The van der Waals surface area contributed by atoms with Gasteiger partial charge in [-0.05, 0) is 60.9 Å². The number of carbonyl (C=O) groups excluding carboxylic acids is 1. The normalized spacial score (nSPS) is 16.5. The Morgan fingerprint density at radius 2 is 1.91 bits per heavy atom. The van der Waals surface area contributed by atoms with Crippen molar-refractivity contribution < 1.29 is 18.7 Å². The molecule has 0 aliphatic carbocycles. The van der Waals surface area contributed by atoms with Crippen LogP contribution in [0.15, 0.2) is 73.1 Å². The molecule has 10 heteroatoms. The second kappa shape index (κ2) is 11.4. The number of ketones is 1. The maximum absolute atomic E-state index is 14.6. The number of aromatic nitrogens is 3. The summed E-state index contributed by atoms with van der Waals surface area (Å²) in [7, 11) is 0. The molecule has 8 nitrogen and oxygen atoms in total. The Labute approximate surface area is 246 Å². The van der Waals surface area contributed by atoms with Gasteiger partial charge in [0, 0.05) is 36.8 Å². The molecule has 0 spiro atoms. The third-order valence-electron chi connectivity index (χ3n) is 7.97. The molecule has 216 valence electrons. The first-order valence-corrected chi connectivity index (χ1v) is 13.9. The van der Waals surface area contributed by atoms with Crippen molar-refractivity contribution in [1.82, 2.24) is 14.5 Å². The van der Waals surface area contributed by atoms with Crippen molar-refractivity contribution in [3.05, 3.63) is 107 Å². The highest BCUT2D eigenvalue weighted by Gasteiger charge is 2.33. The number of rotatable bonds is 7. The molecule has 43 heavy (non-hydrogen) atoms. The predicted octanol–water partition coefficient (Wildman–Crippen LogP) is 4.87. The molecule has 1 aliphatic rings. The van der Waals surface area contributed by atoms with E-state index < -0.39 is 11.6 Å². The number of anilines is 1. The molecule has 0 amide bonds. The Morgan fingerprint density at radius 3 is 2.67 bits per heavy atom. The standard InChI is InChI=1S/C33H28F2N6O2/c1-19-4-2-6-26(35)31(19)33-38-12-10-27(39-33)30(43)14-20-8-9-29-23(32(20)41-17-21(37)15-22(41)18-42)11-13-40(29)28-7-3-5-25(34)24(28)16-36/h2-13,21-22,42H,14-15,17-18,37H2,1H3/t21-,22-/m0/s1. The minimum atomic E-state index is -0.620. The molecule has 1 aliphatic heterocycles. The second-order valence-electron chi connectivity index (χ2n) is 10.7. The highest BCUT2D eigenvalue weighted by molar-refractivity contribution is 6.01. The Balaban J connectivity index is 1.45. The Kier molecular flexibility index (Phi) is 7.44. The van der Waals surface area contributed by atoms with Crippen molar-refractivity contribution in [2.75, 3.05) is 18.1 Å². The van der Waals surface area contributed by atoms with E-state index in [1.807, 2.05) is 29.2 Å². The van der Waals surface area contributed by atoms with Gasteiger partial charge in [-0.3, -0.25) is 4.79 Å². The van der Waals surface area contributed by atoms with Gasteiger partial charge in [-0.15, -0.1) is 0 Å². The fraction of sp³-hybridized carbons (Fsp3) is 0.212. The summed E-state index contributed by atoms with van der Waals surface area (Å²) < 4.78 is 30.9. The number of nitrogens with two attached hydrogens (primary N) is 1. The lowest BCUT2D eigenvalue weighted by Crippen LogP contribution is -2.34. The highest BCUT2D eigenvalue weighted by atomic mass is 19.1. The summed E-state index contributed by atoms with van der Waals surface area (Å²) in [4.78, 5) is 24.3. The lowest BCUT2D eigenvalue weighted by Gasteiger charge is -2.28. The number of aliphatic hydroxyl groups is 1. The van der Waals surface area contributed by atoms with E-state index in [0.717, 1.165) is 11.1 Å². The quantitative estimate of drug-likeness (QED) is 0.264. The van der Waals surface area contributed by atoms with E-state index in [-0.39, 0.29) is 53.5 Å². The van der Waals surface area contributed by atoms with E-state index in [9.17, 15) is 23.9 Å². The maximum atomic E-state index is 14.6. The predicted molar refractivity (Wildman–Crippen MR) is 159 cm³/mol. The number of nitrogens with zero attached hydrogens (tertiary/aromatic N) is 5. The SMILES string of the molecule is Cc1cccc(F)c1-c1nccc(C(=O)Cc2ccc3c(ccn3-c3cccc(F)c3C#N)c2N2C[C@@H](N)C[C@H]2CO)n1. The first kappa shape index (κ1) is 28.2. The zero-order chi connectivity index (χ0) is 30.2. The summed E-state index contributed by atoms with van der Waals surface area (Å²) in [5, 5.41) is 20.6. The number of Topliss-reactive ketones (excluding diaryl/α,β-unsaturated/α-hetero) is 1. The van der Waals surface area contributed by atoms with Crippen LogP contribution in [0.2, 0.25) is 0 Å². The van der Waals surface area contributed by atoms with Crippen LogP contribution >= 0.6 is 0 Å². The fourth-order valence-corrected chi connectivity index (χ4v) is 5.98. The Morgan fingerprint density at radius 1 is 1.12 bits per heavy atom. The van der Waals surface area contributed by atoms with Crippen LogP contribution in [0.1, 0.15) is 33.6 Å². The van der Waals surface area contributed by atoms with E-state index in [0.29, 0.717) is 35.3 Å². The number of hydrogen-bond donors (Lipinski definition) is 2. The molecule has 6 rings (SSSR count). The summed E-state index contributed by atoms with van der Waals surface area (Å²) in [6.45, 7) is 2.09. The van der Waals surface area contributed by atoms with E-state index in [1.165, 1.54) is 24.4 Å². The number of halogens is 2. The summed E-state index contributed by atoms with van der Waals surface area (Å²) in [6, 6.07) is 17.7. The average molecular weight is 579 g/mol. The number of aryl methyl sites for hydroxylation is 1. The van der Waals surface area contributed by atoms with Gasteiger partial charge in [-0.25, -0.2) is 18.7 Å². The third-order valence-corrected chi connectivity index (χ3v) is 7.97. The summed E-state index contributed by atoms with van der Waals surface area (Å²) in [5.74, 6) is -1.26. The maximum Gasteiger partial charge on any atom is 0.185 e. The third kappa shape index (κ3) is 5.03. The van der Waals surface area contributed by atoms with Crippen LogP contribution in [0, 0.1) is 29.9 Å². The summed E-state index contributed by atoms with van der Waals surface area (Å²) in [5.41, 5.74) is 9.77. The van der Waals surface area contributed by atoms with Crippen molar-refractivity contribution in [1.29, 1.82) is 5.26 Å². The van der Waals surface area contributed by atoms with Gasteiger partial charge in [0.1, 0.15) is 29.0 Å². The summed E-state index contributed by atoms with van der Waals surface area (Å²) >= 11 is 0. The molecule has 2 aromatic heterocycles. The zero-order valence-corrected chi connectivity index (χ0v) is 23.3. The van der Waals surface area contributed by atoms with E-state index in [4.69, 9.17) is 5.73 Å². The summed E-state index contributed by atoms with van der Waals surface area (Å²) in [6.07, 6.45) is 3.74. The molecule has 3 N–H and O–H groups in total. The molecule has 0 bridgehead atoms. The number of aliphatic hydroxyl groups excluding tert-OH is 1. The van der Waals surface area contributed by atoms with Crippen LogP contribution in [0.3, 0.4) is 0 Å². The van der Waals surface area contributed by atoms with Crippen LogP contribution in [0.5, 0.6) is 0 Å². The van der Waals surface area contributed by atoms with Crippen LogP contribution in [0.25, 0.3) is 28.0 Å². The monoisotopic (exact) mass is 578 g/mol. The number of benzene rings is 3. The molecule has 0 saturated carbocycles. The molecule has 1 fully saturated rings. The van der Waals surface area contributed by atoms with E-state index >= 15 is 0 Å². The second-order valence-corrected chi connectivity index (χ2v) is 10.7. The average Bonchev–Trinajstić information content (AvgIpc) is 3.60. The number of hydrogen-bond acceptors (Lipinski definition) is 7. The topological polar surface area (TPSA) is 121 Å². The Bertz CT molecular complexity index is 1890. The van der Waals surface area contributed by atoms with Crippen LogP contribution in [0.4, 0.5) is 14.5 Å². The number of fused-ring (bicyclic) bond motifs is 1. The van der Waals surface area contributed by atoms with E-state index in [1.54, 1.807) is 42.0 Å². The van der Waals surface area contributed by atoms with Gasteiger partial charge in [0.25, 0.3) is 0 Å². The first-order valence-electron chi connectivity index (χ1n) is 13.9. The number of carbonyl (C=O) groups is 1. The van der Waals surface area contributed by atoms with Gasteiger partial charge in [-0.1, -0.05) is 24.3 Å². The van der Waals surface area contributed by atoms with Crippen LogP contribution in [-0.4, -0.2) is 50.7 Å². The molecule has 3 aromatic carbocycles. The molecule has 0 radical (unpaired) electrons.